The Morgan fingerprint density at radius 2 is 2.16 bits per heavy atom. The Morgan fingerprint density at radius 3 is 2.79 bits per heavy atom. The zero-order valence-electron chi connectivity index (χ0n) is 9.62. The van der Waals surface area contributed by atoms with E-state index >= 15 is 0 Å². The van der Waals surface area contributed by atoms with E-state index in [1.807, 2.05) is 6.07 Å². The summed E-state index contributed by atoms with van der Waals surface area (Å²) < 4.78 is 1.97. The molecule has 1 aromatic heterocycles. The molecular formula is C11H9BrN4O3. The van der Waals surface area contributed by atoms with Crippen molar-refractivity contribution < 1.29 is 9.72 Å². The molecule has 8 heteroatoms. The highest BCUT2D eigenvalue weighted by Gasteiger charge is 2.13. The van der Waals surface area contributed by atoms with E-state index in [0.717, 1.165) is 4.47 Å². The molecule has 1 amide bonds. The molecule has 0 aliphatic rings. The summed E-state index contributed by atoms with van der Waals surface area (Å²) in [7, 11) is 0. The minimum atomic E-state index is -0.609. The van der Waals surface area contributed by atoms with Crippen LogP contribution in [0.4, 0.5) is 11.5 Å². The van der Waals surface area contributed by atoms with Gasteiger partial charge in [0.15, 0.2) is 0 Å². The van der Waals surface area contributed by atoms with Crippen LogP contribution in [0, 0.1) is 10.1 Å². The smallest absolute Gasteiger partial charge is 0.358 e. The largest absolute Gasteiger partial charge is 0.389 e. The molecule has 0 spiro atoms. The van der Waals surface area contributed by atoms with Gasteiger partial charge in [-0.25, -0.2) is 0 Å². The number of carbonyl (C=O) groups is 1. The van der Waals surface area contributed by atoms with Gasteiger partial charge in [0.1, 0.15) is 6.54 Å². The van der Waals surface area contributed by atoms with Gasteiger partial charge in [0.25, 0.3) is 0 Å². The van der Waals surface area contributed by atoms with Crippen molar-refractivity contribution >= 4 is 33.3 Å². The zero-order valence-corrected chi connectivity index (χ0v) is 11.2. The van der Waals surface area contributed by atoms with Crippen molar-refractivity contribution in [2.24, 2.45) is 0 Å². The first kappa shape index (κ1) is 13.2. The molecule has 1 aromatic carbocycles. The van der Waals surface area contributed by atoms with Gasteiger partial charge in [0, 0.05) is 4.47 Å². The minimum absolute atomic E-state index is 0.0881. The highest BCUT2D eigenvalue weighted by Crippen LogP contribution is 2.21. The molecule has 2 rings (SSSR count). The number of amides is 1. The lowest BCUT2D eigenvalue weighted by Gasteiger charge is -2.05. The van der Waals surface area contributed by atoms with Gasteiger partial charge in [-0.2, -0.15) is 4.68 Å². The second-order valence-corrected chi connectivity index (χ2v) is 4.51. The standard InChI is InChI=1S/C11H9BrN4O3/c12-8-3-1-2-4-9(8)13-11(17)7-15-6-5-10(14-15)16(18)19/h1-6H,7H2,(H,13,17). The maximum atomic E-state index is 11.8. The van der Waals surface area contributed by atoms with Crippen LogP contribution in [-0.2, 0) is 11.3 Å². The summed E-state index contributed by atoms with van der Waals surface area (Å²) in [5, 5.41) is 16.8. The lowest BCUT2D eigenvalue weighted by atomic mass is 10.3. The molecule has 0 radical (unpaired) electrons. The van der Waals surface area contributed by atoms with E-state index in [4.69, 9.17) is 0 Å². The van der Waals surface area contributed by atoms with Crippen LogP contribution in [0.1, 0.15) is 0 Å². The fraction of sp³-hybridized carbons (Fsp3) is 0.0909. The molecule has 0 aliphatic heterocycles. The molecule has 19 heavy (non-hydrogen) atoms. The highest BCUT2D eigenvalue weighted by molar-refractivity contribution is 9.10. The third kappa shape index (κ3) is 3.38. The van der Waals surface area contributed by atoms with Gasteiger partial charge >= 0.3 is 5.82 Å². The number of hydrogen-bond acceptors (Lipinski definition) is 4. The highest BCUT2D eigenvalue weighted by atomic mass is 79.9. The van der Waals surface area contributed by atoms with Crippen molar-refractivity contribution in [3.63, 3.8) is 0 Å². The molecule has 0 unspecified atom stereocenters. The molecule has 0 atom stereocenters. The Kier molecular flexibility index (Phi) is 3.91. The fourth-order valence-electron chi connectivity index (χ4n) is 1.44. The van der Waals surface area contributed by atoms with Crippen molar-refractivity contribution in [3.8, 4) is 0 Å². The van der Waals surface area contributed by atoms with Crippen LogP contribution in [0.25, 0.3) is 0 Å². The predicted octanol–water partition coefficient (Wildman–Crippen LogP) is 2.19. The van der Waals surface area contributed by atoms with E-state index in [-0.39, 0.29) is 18.3 Å². The molecule has 0 fully saturated rings. The first-order valence-electron chi connectivity index (χ1n) is 5.28. The number of aromatic nitrogens is 2. The number of para-hydroxylation sites is 1. The Labute approximate surface area is 116 Å². The van der Waals surface area contributed by atoms with E-state index in [2.05, 4.69) is 26.3 Å². The van der Waals surface area contributed by atoms with Gasteiger partial charge < -0.3 is 15.4 Å². The van der Waals surface area contributed by atoms with Crippen molar-refractivity contribution in [2.75, 3.05) is 5.32 Å². The average molecular weight is 325 g/mol. The summed E-state index contributed by atoms with van der Waals surface area (Å²) in [6.07, 6.45) is 1.39. The zero-order chi connectivity index (χ0) is 13.8. The number of rotatable bonds is 4. The van der Waals surface area contributed by atoms with Crippen LogP contribution in [0.3, 0.4) is 0 Å². The minimum Gasteiger partial charge on any atom is -0.358 e. The number of anilines is 1. The first-order valence-corrected chi connectivity index (χ1v) is 6.08. The summed E-state index contributed by atoms with van der Waals surface area (Å²) >= 11 is 3.31. The van der Waals surface area contributed by atoms with E-state index < -0.39 is 4.92 Å². The van der Waals surface area contributed by atoms with E-state index in [0.29, 0.717) is 5.69 Å². The molecule has 0 saturated heterocycles. The Bertz CT molecular complexity index is 626. The molecule has 1 N–H and O–H groups in total. The van der Waals surface area contributed by atoms with Gasteiger partial charge in [-0.15, -0.1) is 0 Å². The lowest BCUT2D eigenvalue weighted by molar-refractivity contribution is -0.389. The van der Waals surface area contributed by atoms with Gasteiger partial charge in [0.05, 0.1) is 23.0 Å². The normalized spacial score (nSPS) is 10.2. The van der Waals surface area contributed by atoms with Crippen LogP contribution in [0.15, 0.2) is 41.0 Å². The van der Waals surface area contributed by atoms with E-state index in [9.17, 15) is 14.9 Å². The summed E-state index contributed by atoms with van der Waals surface area (Å²) in [6, 6.07) is 8.41. The Balaban J connectivity index is 2.01. The molecular weight excluding hydrogens is 316 g/mol. The lowest BCUT2D eigenvalue weighted by Crippen LogP contribution is -2.19. The van der Waals surface area contributed by atoms with Crippen LogP contribution in [0.2, 0.25) is 0 Å². The third-order valence-corrected chi connectivity index (χ3v) is 2.96. The number of nitrogens with one attached hydrogen (secondary N) is 1. The van der Waals surface area contributed by atoms with E-state index in [1.54, 1.807) is 18.2 Å². The number of nitro groups is 1. The number of hydrogen-bond donors (Lipinski definition) is 1. The second kappa shape index (κ2) is 5.61. The van der Waals surface area contributed by atoms with Gasteiger partial charge in [0.2, 0.25) is 5.91 Å². The fourth-order valence-corrected chi connectivity index (χ4v) is 1.82. The first-order chi connectivity index (χ1) is 9.06. The summed E-state index contributed by atoms with van der Waals surface area (Å²) in [5.74, 6) is -0.599. The molecule has 7 nitrogen and oxygen atoms in total. The van der Waals surface area contributed by atoms with Crippen molar-refractivity contribution in [2.45, 2.75) is 6.54 Å². The number of nitrogens with zero attached hydrogens (tertiary/aromatic N) is 3. The molecule has 0 saturated carbocycles. The molecule has 2 aromatic rings. The summed E-state index contributed by atoms with van der Waals surface area (Å²) in [6.45, 7) is -0.0881. The Hall–Kier alpha value is -2.22. The van der Waals surface area contributed by atoms with Gasteiger partial charge in [-0.3, -0.25) is 4.79 Å². The third-order valence-electron chi connectivity index (χ3n) is 2.27. The second-order valence-electron chi connectivity index (χ2n) is 3.66. The van der Waals surface area contributed by atoms with Crippen LogP contribution < -0.4 is 5.32 Å². The number of benzene rings is 1. The van der Waals surface area contributed by atoms with Crippen molar-refractivity contribution in [1.29, 1.82) is 0 Å². The maximum Gasteiger partial charge on any atom is 0.389 e. The quantitative estimate of drug-likeness (QED) is 0.689. The topological polar surface area (TPSA) is 90.1 Å². The maximum absolute atomic E-state index is 11.8. The predicted molar refractivity (Wildman–Crippen MR) is 71.7 cm³/mol. The average Bonchev–Trinajstić information content (AvgIpc) is 2.80. The van der Waals surface area contributed by atoms with E-state index in [1.165, 1.54) is 16.9 Å². The van der Waals surface area contributed by atoms with Gasteiger partial charge in [-0.05, 0) is 33.0 Å². The molecule has 98 valence electrons. The SMILES string of the molecule is O=C(Cn1ccc([N+](=O)[O-])n1)Nc1ccccc1Br. The molecule has 0 aliphatic carbocycles. The van der Waals surface area contributed by atoms with Crippen LogP contribution in [-0.4, -0.2) is 20.6 Å². The van der Waals surface area contributed by atoms with Crippen LogP contribution in [0.5, 0.6) is 0 Å². The van der Waals surface area contributed by atoms with Crippen LogP contribution >= 0.6 is 15.9 Å². The monoisotopic (exact) mass is 324 g/mol. The summed E-state index contributed by atoms with van der Waals surface area (Å²) in [4.78, 5) is 21.6. The van der Waals surface area contributed by atoms with Crippen molar-refractivity contribution in [3.05, 3.63) is 51.1 Å². The van der Waals surface area contributed by atoms with Gasteiger partial charge in [-0.1, -0.05) is 12.1 Å². The molecule has 1 heterocycles. The summed E-state index contributed by atoms with van der Waals surface area (Å²) in [5.41, 5.74) is 0.633. The number of halogens is 1. The molecule has 0 bridgehead atoms. The van der Waals surface area contributed by atoms with Crippen molar-refractivity contribution in [1.82, 2.24) is 9.78 Å². The number of carbonyl (C=O) groups excluding carboxylic acids is 1. The Morgan fingerprint density at radius 1 is 1.42 bits per heavy atom.